The van der Waals surface area contributed by atoms with E-state index in [9.17, 15) is 14.2 Å². The van der Waals surface area contributed by atoms with Gasteiger partial charge in [0.15, 0.2) is 5.66 Å². The van der Waals surface area contributed by atoms with Crippen molar-refractivity contribution in [1.29, 1.82) is 0 Å². The maximum Gasteiger partial charge on any atom is 0.344 e. The van der Waals surface area contributed by atoms with E-state index in [0.29, 0.717) is 5.56 Å². The quantitative estimate of drug-likeness (QED) is 0.212. The van der Waals surface area contributed by atoms with Crippen LogP contribution in [0, 0.1) is 0 Å². The van der Waals surface area contributed by atoms with Gasteiger partial charge in [0, 0.05) is 37.7 Å². The third-order valence-electron chi connectivity index (χ3n) is 3.55. The normalized spacial score (nSPS) is 11.5. The summed E-state index contributed by atoms with van der Waals surface area (Å²) in [6, 6.07) is 16.9. The van der Waals surface area contributed by atoms with Gasteiger partial charge in [-0.2, -0.15) is 12.1 Å². The van der Waals surface area contributed by atoms with Crippen molar-refractivity contribution in [2.45, 2.75) is 18.5 Å². The van der Waals surface area contributed by atoms with E-state index in [2.05, 4.69) is 4.74 Å². The predicted molar refractivity (Wildman–Crippen MR) is 95.1 cm³/mol. The van der Waals surface area contributed by atoms with Gasteiger partial charge in [0.05, 0.1) is 7.11 Å². The van der Waals surface area contributed by atoms with Crippen LogP contribution in [0.25, 0.3) is 0 Å². The molecule has 0 aliphatic rings. The average molecular weight is 422 g/mol. The number of carbonyl (C=O) groups excluding carboxylic acids is 2. The van der Waals surface area contributed by atoms with Gasteiger partial charge in [-0.25, -0.2) is 12.1 Å². The van der Waals surface area contributed by atoms with Crippen molar-refractivity contribution >= 4 is 19.3 Å². The van der Waals surface area contributed by atoms with Crippen LogP contribution in [-0.4, -0.2) is 38.7 Å². The molecule has 26 heavy (non-hydrogen) atoms. The van der Waals surface area contributed by atoms with Crippen molar-refractivity contribution in [3.05, 3.63) is 60.2 Å². The molecular weight excluding hydrogens is 399 g/mol. The number of esters is 1. The zero-order valence-electron chi connectivity index (χ0n) is 14.9. The van der Waals surface area contributed by atoms with Crippen LogP contribution >= 0.6 is 7.60 Å². The average Bonchev–Trinajstić information content (AvgIpc) is 3.36. The maximum absolute atomic E-state index is 12.3. The Bertz CT molecular complexity index is 641. The second-order valence-electron chi connectivity index (χ2n) is 5.04. The monoisotopic (exact) mass is 422 g/mol. The molecule has 0 heterocycles. The number of ketones is 1. The summed E-state index contributed by atoms with van der Waals surface area (Å²) in [5, 5.41) is 0. The van der Waals surface area contributed by atoms with E-state index >= 15 is 0 Å². The minimum absolute atomic E-state index is 0. The van der Waals surface area contributed by atoms with Gasteiger partial charge in [-0.05, 0) is 6.42 Å². The number of rotatable bonds is 8. The van der Waals surface area contributed by atoms with Crippen LogP contribution in [0.15, 0.2) is 54.6 Å². The van der Waals surface area contributed by atoms with Gasteiger partial charge in [0.25, 0.3) is 0 Å². The zero-order chi connectivity index (χ0) is 18.7. The smallest absolute Gasteiger partial charge is 0.344 e. The molecule has 150 valence electrons. The second-order valence-corrected chi connectivity index (χ2v) is 7.47. The summed E-state index contributed by atoms with van der Waals surface area (Å²) in [6.07, 6.45) is 0.0934. The molecular formula is C18H23FeO6P-6. The standard InChI is InChI=1S/C13H18O6P.C5H5.Fe/c1-17-13(15)12(20(16,18-2)19-3)9-8-11(14)10-6-4-5-7-10;1-2-4-5-3-1;/h4-7,12H,8-9H2,1-3H3;1-5H;/q-1;-5;. The van der Waals surface area contributed by atoms with Gasteiger partial charge in [-0.1, -0.05) is 5.56 Å². The molecule has 0 N–H and O–H groups in total. The summed E-state index contributed by atoms with van der Waals surface area (Å²) in [7, 11) is -0.0518. The fraction of sp³-hybridized carbons (Fsp3) is 0.333. The number of hydrogen-bond acceptors (Lipinski definition) is 6. The molecule has 0 fully saturated rings. The van der Waals surface area contributed by atoms with Gasteiger partial charge >= 0.3 is 13.6 Å². The van der Waals surface area contributed by atoms with Gasteiger partial charge in [-0.3, -0.25) is 9.36 Å². The molecule has 6 nitrogen and oxygen atoms in total. The minimum atomic E-state index is -3.62. The van der Waals surface area contributed by atoms with Gasteiger partial charge in [-0.15, -0.1) is 0 Å². The summed E-state index contributed by atoms with van der Waals surface area (Å²) in [5.41, 5.74) is -0.556. The first-order valence-corrected chi connectivity index (χ1v) is 9.30. The number of Topliss-reactive ketones (excluding diaryl/α,β-unsaturated/α-hetero) is 1. The fourth-order valence-corrected chi connectivity index (χ4v) is 3.63. The molecule has 0 saturated carbocycles. The van der Waals surface area contributed by atoms with Crippen molar-refractivity contribution in [1.82, 2.24) is 0 Å². The summed E-state index contributed by atoms with van der Waals surface area (Å²) in [4.78, 5) is 23.6. The molecule has 1 atom stereocenters. The SMILES string of the molecule is COC(=O)C(CCC(=O)[c-]1cccc1)P(=O)(OC)OC.[Fe].[cH-]1[cH-][cH-][cH-][cH-]1. The Morgan fingerprint density at radius 3 is 1.85 bits per heavy atom. The van der Waals surface area contributed by atoms with E-state index in [4.69, 9.17) is 9.05 Å². The Labute approximate surface area is 164 Å². The van der Waals surface area contributed by atoms with E-state index in [0.717, 1.165) is 0 Å². The molecule has 0 aliphatic carbocycles. The molecule has 8 heteroatoms. The molecule has 0 aliphatic heterocycles. The van der Waals surface area contributed by atoms with Crippen LogP contribution in [0.1, 0.15) is 23.2 Å². The zero-order valence-corrected chi connectivity index (χ0v) is 16.9. The minimum Gasteiger partial charge on any atom is -0.748 e. The molecule has 0 amide bonds. The largest absolute Gasteiger partial charge is 0.748 e. The van der Waals surface area contributed by atoms with E-state index in [1.165, 1.54) is 21.3 Å². The molecule has 2 rings (SSSR count). The molecule has 0 aromatic heterocycles. The van der Waals surface area contributed by atoms with E-state index in [1.54, 1.807) is 24.3 Å². The van der Waals surface area contributed by atoms with Crippen LogP contribution in [-0.2, 0) is 40.2 Å². The number of ether oxygens (including phenoxy) is 1. The third kappa shape index (κ3) is 7.40. The molecule has 2 aromatic rings. The van der Waals surface area contributed by atoms with Gasteiger partial charge in [0.2, 0.25) is 0 Å². The Hall–Kier alpha value is -1.49. The van der Waals surface area contributed by atoms with E-state index < -0.39 is 19.2 Å². The molecule has 0 spiro atoms. The number of methoxy groups -OCH3 is 1. The van der Waals surface area contributed by atoms with Crippen molar-refractivity contribution < 1.29 is 45.0 Å². The van der Waals surface area contributed by atoms with Crippen LogP contribution in [0.4, 0.5) is 0 Å². The van der Waals surface area contributed by atoms with Crippen LogP contribution in [0.2, 0.25) is 0 Å². The molecule has 1 unspecified atom stereocenters. The molecule has 2 aromatic carbocycles. The third-order valence-corrected chi connectivity index (χ3v) is 5.80. The van der Waals surface area contributed by atoms with Crippen molar-refractivity contribution in [3.8, 4) is 0 Å². The Kier molecular flexibility index (Phi) is 12.1. The Morgan fingerprint density at radius 1 is 1.00 bits per heavy atom. The maximum atomic E-state index is 12.3. The predicted octanol–water partition coefficient (Wildman–Crippen LogP) is 3.80. The summed E-state index contributed by atoms with van der Waals surface area (Å²) in [6.45, 7) is 0. The van der Waals surface area contributed by atoms with Crippen LogP contribution in [0.3, 0.4) is 0 Å². The molecule has 0 radical (unpaired) electrons. The summed E-state index contributed by atoms with van der Waals surface area (Å²) >= 11 is 0. The Morgan fingerprint density at radius 2 is 1.46 bits per heavy atom. The fourth-order valence-electron chi connectivity index (χ4n) is 2.16. The molecule has 0 bridgehead atoms. The van der Waals surface area contributed by atoms with Crippen molar-refractivity contribution in [2.24, 2.45) is 0 Å². The van der Waals surface area contributed by atoms with E-state index in [-0.39, 0.29) is 35.7 Å². The molecule has 0 saturated heterocycles. The van der Waals surface area contributed by atoms with Crippen LogP contribution in [0.5, 0.6) is 0 Å². The van der Waals surface area contributed by atoms with Gasteiger partial charge in [0.1, 0.15) is 5.78 Å². The first-order chi connectivity index (χ1) is 12.0. The second kappa shape index (κ2) is 12.8. The van der Waals surface area contributed by atoms with Crippen molar-refractivity contribution in [2.75, 3.05) is 21.3 Å². The first-order valence-electron chi connectivity index (χ1n) is 7.69. The van der Waals surface area contributed by atoms with Crippen molar-refractivity contribution in [3.63, 3.8) is 0 Å². The summed E-state index contributed by atoms with van der Waals surface area (Å²) < 4.78 is 26.5. The van der Waals surface area contributed by atoms with Crippen LogP contribution < -0.4 is 0 Å². The number of hydrogen-bond donors (Lipinski definition) is 0. The number of carbonyl (C=O) groups is 2. The Balaban J connectivity index is 0.000000893. The van der Waals surface area contributed by atoms with Gasteiger partial charge < -0.3 is 48.9 Å². The van der Waals surface area contributed by atoms with E-state index in [1.807, 2.05) is 30.3 Å². The summed E-state index contributed by atoms with van der Waals surface area (Å²) in [5.74, 6) is -0.852. The topological polar surface area (TPSA) is 78.9 Å². The first kappa shape index (κ1) is 24.5.